The zero-order chi connectivity index (χ0) is 17.4. The quantitative estimate of drug-likeness (QED) is 0.820. The highest BCUT2D eigenvalue weighted by atomic mass is 35.5. The Hall–Kier alpha value is -1.46. The summed E-state index contributed by atoms with van der Waals surface area (Å²) in [5.41, 5.74) is 0.667. The number of hydrogen-bond acceptors (Lipinski definition) is 4. The number of nitrogens with zero attached hydrogens (tertiary/aromatic N) is 2. The van der Waals surface area contributed by atoms with Crippen LogP contribution in [0.5, 0.6) is 11.5 Å². The minimum Gasteiger partial charge on any atom is -0.454 e. The molecule has 3 aliphatic rings. The number of hydrogen-bond donors (Lipinski definition) is 0. The van der Waals surface area contributed by atoms with Gasteiger partial charge in [0.05, 0.1) is 0 Å². The highest BCUT2D eigenvalue weighted by Gasteiger charge is 2.50. The number of rotatable bonds is 4. The molecular weight excluding hydrogens is 340 g/mol. The molecule has 1 unspecified atom stereocenters. The van der Waals surface area contributed by atoms with Crippen LogP contribution in [0.3, 0.4) is 0 Å². The zero-order valence-corrected chi connectivity index (χ0v) is 15.5. The molecular formula is C19H25ClN2O3. The van der Waals surface area contributed by atoms with E-state index in [1.54, 1.807) is 0 Å². The van der Waals surface area contributed by atoms with Gasteiger partial charge in [-0.2, -0.15) is 0 Å². The Labute approximate surface area is 153 Å². The molecule has 0 aliphatic carbocycles. The third kappa shape index (κ3) is 2.87. The lowest BCUT2D eigenvalue weighted by Crippen LogP contribution is -2.59. The number of carbonyl (C=O) groups is 1. The Morgan fingerprint density at radius 1 is 1.16 bits per heavy atom. The summed E-state index contributed by atoms with van der Waals surface area (Å²) in [7, 11) is 0. The highest BCUT2D eigenvalue weighted by Crippen LogP contribution is 2.42. The molecule has 5 nitrogen and oxygen atoms in total. The monoisotopic (exact) mass is 364 g/mol. The molecule has 3 aliphatic heterocycles. The molecule has 3 heterocycles. The number of halogens is 1. The van der Waals surface area contributed by atoms with Crippen LogP contribution in [-0.4, -0.2) is 47.7 Å². The SMILES string of the molecule is CCCN1CCCC2(CCCN2Cc2cc3c(cc2Cl)OCO3)C1=O. The summed E-state index contributed by atoms with van der Waals surface area (Å²) in [6, 6.07) is 3.79. The number of amides is 1. The van der Waals surface area contributed by atoms with Gasteiger partial charge in [-0.1, -0.05) is 18.5 Å². The third-order valence-corrected chi connectivity index (χ3v) is 6.08. The second-order valence-electron chi connectivity index (χ2n) is 7.25. The molecule has 0 saturated carbocycles. The van der Waals surface area contributed by atoms with Gasteiger partial charge in [-0.05, 0) is 50.3 Å². The van der Waals surface area contributed by atoms with E-state index in [2.05, 4.69) is 16.7 Å². The van der Waals surface area contributed by atoms with Crippen LogP contribution in [-0.2, 0) is 11.3 Å². The first-order chi connectivity index (χ1) is 12.1. The maximum Gasteiger partial charge on any atom is 0.243 e. The Morgan fingerprint density at radius 2 is 1.88 bits per heavy atom. The number of fused-ring (bicyclic) bond motifs is 1. The first-order valence-electron chi connectivity index (χ1n) is 9.26. The molecule has 1 amide bonds. The molecule has 1 spiro atoms. The molecule has 2 saturated heterocycles. The number of piperidine rings is 1. The molecule has 4 rings (SSSR count). The molecule has 1 aromatic rings. The Morgan fingerprint density at radius 3 is 2.64 bits per heavy atom. The number of ether oxygens (including phenoxy) is 2. The first-order valence-corrected chi connectivity index (χ1v) is 9.64. The zero-order valence-electron chi connectivity index (χ0n) is 14.7. The van der Waals surface area contributed by atoms with E-state index in [4.69, 9.17) is 21.1 Å². The third-order valence-electron chi connectivity index (χ3n) is 5.72. The van der Waals surface area contributed by atoms with E-state index in [1.807, 2.05) is 12.1 Å². The average molecular weight is 365 g/mol. The number of carbonyl (C=O) groups excluding carboxylic acids is 1. The summed E-state index contributed by atoms with van der Waals surface area (Å²) < 4.78 is 10.9. The minimum absolute atomic E-state index is 0.243. The van der Waals surface area contributed by atoms with Crippen molar-refractivity contribution in [3.8, 4) is 11.5 Å². The van der Waals surface area contributed by atoms with E-state index >= 15 is 0 Å². The van der Waals surface area contributed by atoms with E-state index in [-0.39, 0.29) is 12.3 Å². The number of benzene rings is 1. The summed E-state index contributed by atoms with van der Waals surface area (Å²) in [5.74, 6) is 1.76. The van der Waals surface area contributed by atoms with Crippen LogP contribution in [0.25, 0.3) is 0 Å². The summed E-state index contributed by atoms with van der Waals surface area (Å²) in [5, 5.41) is 0.681. The first kappa shape index (κ1) is 17.0. The predicted octanol–water partition coefficient (Wildman–Crippen LogP) is 3.44. The fourth-order valence-corrected chi connectivity index (χ4v) is 4.74. The van der Waals surface area contributed by atoms with Gasteiger partial charge in [-0.3, -0.25) is 9.69 Å². The van der Waals surface area contributed by atoms with E-state index in [1.165, 1.54) is 0 Å². The average Bonchev–Trinajstić information content (AvgIpc) is 3.20. The normalized spacial score (nSPS) is 26.0. The summed E-state index contributed by atoms with van der Waals surface area (Å²) >= 11 is 6.47. The highest BCUT2D eigenvalue weighted by molar-refractivity contribution is 6.31. The van der Waals surface area contributed by atoms with Crippen LogP contribution in [0.2, 0.25) is 5.02 Å². The van der Waals surface area contributed by atoms with Gasteiger partial charge in [0.15, 0.2) is 11.5 Å². The minimum atomic E-state index is -0.340. The van der Waals surface area contributed by atoms with Crippen LogP contribution in [0.15, 0.2) is 12.1 Å². The Bertz CT molecular complexity index is 679. The molecule has 2 fully saturated rings. The van der Waals surface area contributed by atoms with Crippen LogP contribution in [0, 0.1) is 0 Å². The van der Waals surface area contributed by atoms with Gasteiger partial charge >= 0.3 is 0 Å². The fourth-order valence-electron chi connectivity index (χ4n) is 4.52. The lowest BCUT2D eigenvalue weighted by molar-refractivity contribution is -0.147. The van der Waals surface area contributed by atoms with Crippen molar-refractivity contribution in [3.63, 3.8) is 0 Å². The van der Waals surface area contributed by atoms with Crippen LogP contribution < -0.4 is 9.47 Å². The van der Waals surface area contributed by atoms with Gasteiger partial charge in [0, 0.05) is 30.7 Å². The maximum absolute atomic E-state index is 13.2. The van der Waals surface area contributed by atoms with Crippen molar-refractivity contribution in [1.29, 1.82) is 0 Å². The second kappa shape index (κ2) is 6.69. The van der Waals surface area contributed by atoms with E-state index in [0.29, 0.717) is 23.2 Å². The molecule has 0 aromatic heterocycles. The summed E-state index contributed by atoms with van der Waals surface area (Å²) in [6.45, 7) is 5.75. The van der Waals surface area contributed by atoms with Crippen molar-refractivity contribution >= 4 is 17.5 Å². The van der Waals surface area contributed by atoms with Gasteiger partial charge < -0.3 is 14.4 Å². The van der Waals surface area contributed by atoms with Crippen molar-refractivity contribution in [2.45, 2.75) is 51.1 Å². The largest absolute Gasteiger partial charge is 0.454 e. The molecule has 136 valence electrons. The Kier molecular flexibility index (Phi) is 4.54. The smallest absolute Gasteiger partial charge is 0.243 e. The fraction of sp³-hybridized carbons (Fsp3) is 0.632. The van der Waals surface area contributed by atoms with Gasteiger partial charge in [0.2, 0.25) is 12.7 Å². The van der Waals surface area contributed by atoms with Crippen molar-refractivity contribution in [2.24, 2.45) is 0 Å². The van der Waals surface area contributed by atoms with Crippen molar-refractivity contribution in [1.82, 2.24) is 9.80 Å². The Balaban J connectivity index is 1.59. The number of likely N-dealkylation sites (tertiary alicyclic amines) is 2. The van der Waals surface area contributed by atoms with Gasteiger partial charge in [-0.15, -0.1) is 0 Å². The molecule has 0 N–H and O–H groups in total. The summed E-state index contributed by atoms with van der Waals surface area (Å²) in [4.78, 5) is 17.6. The molecule has 0 bridgehead atoms. The summed E-state index contributed by atoms with van der Waals surface area (Å²) in [6.07, 6.45) is 5.06. The topological polar surface area (TPSA) is 42.0 Å². The van der Waals surface area contributed by atoms with E-state index in [9.17, 15) is 4.79 Å². The van der Waals surface area contributed by atoms with Crippen LogP contribution in [0.1, 0.15) is 44.6 Å². The molecule has 1 atom stereocenters. The van der Waals surface area contributed by atoms with Crippen LogP contribution in [0.4, 0.5) is 0 Å². The molecule has 1 aromatic carbocycles. The van der Waals surface area contributed by atoms with Gasteiger partial charge in [0.25, 0.3) is 0 Å². The van der Waals surface area contributed by atoms with E-state index < -0.39 is 0 Å². The standard InChI is InChI=1S/C19H25ClN2O3/c1-2-7-21-8-3-5-19(18(21)23)6-4-9-22(19)12-14-10-16-17(11-15(14)20)25-13-24-16/h10-11H,2-9,12-13H2,1H3. The van der Waals surface area contributed by atoms with Crippen molar-refractivity contribution < 1.29 is 14.3 Å². The van der Waals surface area contributed by atoms with Crippen molar-refractivity contribution in [3.05, 3.63) is 22.7 Å². The maximum atomic E-state index is 13.2. The van der Waals surface area contributed by atoms with Crippen molar-refractivity contribution in [2.75, 3.05) is 26.4 Å². The van der Waals surface area contributed by atoms with Gasteiger partial charge in [0.1, 0.15) is 5.54 Å². The van der Waals surface area contributed by atoms with Gasteiger partial charge in [-0.25, -0.2) is 0 Å². The second-order valence-corrected chi connectivity index (χ2v) is 7.66. The molecule has 0 radical (unpaired) electrons. The molecule has 25 heavy (non-hydrogen) atoms. The van der Waals surface area contributed by atoms with Crippen LogP contribution >= 0.6 is 11.6 Å². The molecule has 6 heteroatoms. The lowest BCUT2D eigenvalue weighted by Gasteiger charge is -2.44. The lowest BCUT2D eigenvalue weighted by atomic mass is 9.85. The van der Waals surface area contributed by atoms with E-state index in [0.717, 1.165) is 63.1 Å². The predicted molar refractivity (Wildman–Crippen MR) is 96.1 cm³/mol.